The van der Waals surface area contributed by atoms with Gasteiger partial charge in [-0.1, -0.05) is 13.8 Å². The van der Waals surface area contributed by atoms with Crippen LogP contribution in [0.25, 0.3) is 0 Å². The predicted molar refractivity (Wildman–Crippen MR) is 113 cm³/mol. The highest BCUT2D eigenvalue weighted by Gasteiger charge is 2.57. The van der Waals surface area contributed by atoms with E-state index in [0.29, 0.717) is 19.0 Å². The second kappa shape index (κ2) is 9.71. The zero-order valence-corrected chi connectivity index (χ0v) is 18.9. The number of aliphatic imine (C=N–C) groups is 1. The zero-order valence-electron chi connectivity index (χ0n) is 18.9. The van der Waals surface area contributed by atoms with Crippen molar-refractivity contribution in [2.75, 3.05) is 20.1 Å². The first kappa shape index (κ1) is 24.7. The standard InChI is InChI=1S/C20H32F3N7O/c1-7-24-18(29(5)12-15-13-30(6)27-16(15)14(2)3)26-9-8-19(31,20(21,22)23)17-25-10-11-28(17)4/h10-11,13-14,31H,7-9,12H2,1-6H3,(H,24,26). The van der Waals surface area contributed by atoms with Crippen molar-refractivity contribution in [2.24, 2.45) is 19.1 Å². The lowest BCUT2D eigenvalue weighted by atomic mass is 9.98. The van der Waals surface area contributed by atoms with Crippen LogP contribution in [0.15, 0.2) is 23.6 Å². The van der Waals surface area contributed by atoms with Gasteiger partial charge in [-0.05, 0) is 12.8 Å². The molecule has 1 atom stereocenters. The molecule has 0 saturated heterocycles. The Balaban J connectivity index is 2.21. The minimum atomic E-state index is -4.88. The highest BCUT2D eigenvalue weighted by Crippen LogP contribution is 2.40. The lowest BCUT2D eigenvalue weighted by molar-refractivity contribution is -0.272. The molecule has 0 aromatic carbocycles. The molecule has 31 heavy (non-hydrogen) atoms. The number of aromatic nitrogens is 4. The summed E-state index contributed by atoms with van der Waals surface area (Å²) < 4.78 is 44.0. The Morgan fingerprint density at radius 2 is 2.00 bits per heavy atom. The Morgan fingerprint density at radius 1 is 1.32 bits per heavy atom. The van der Waals surface area contributed by atoms with Crippen LogP contribution in [-0.2, 0) is 26.2 Å². The van der Waals surface area contributed by atoms with Crippen LogP contribution < -0.4 is 5.32 Å². The first-order valence-electron chi connectivity index (χ1n) is 10.2. The number of aliphatic hydroxyl groups is 1. The highest BCUT2D eigenvalue weighted by atomic mass is 19.4. The third-order valence-corrected chi connectivity index (χ3v) is 4.98. The third kappa shape index (κ3) is 5.57. The largest absolute Gasteiger partial charge is 0.424 e. The maximum atomic E-state index is 13.7. The van der Waals surface area contributed by atoms with Gasteiger partial charge in [0.25, 0.3) is 0 Å². The van der Waals surface area contributed by atoms with E-state index in [-0.39, 0.29) is 12.5 Å². The van der Waals surface area contributed by atoms with Crippen LogP contribution in [-0.4, -0.2) is 61.6 Å². The van der Waals surface area contributed by atoms with E-state index in [1.807, 2.05) is 32.1 Å². The van der Waals surface area contributed by atoms with E-state index in [0.717, 1.165) is 11.3 Å². The average molecular weight is 444 g/mol. The van der Waals surface area contributed by atoms with Crippen molar-refractivity contribution in [3.8, 4) is 0 Å². The van der Waals surface area contributed by atoms with E-state index in [4.69, 9.17) is 0 Å². The molecule has 0 fully saturated rings. The molecule has 0 aliphatic rings. The molecule has 0 bridgehead atoms. The molecule has 0 aliphatic carbocycles. The first-order valence-corrected chi connectivity index (χ1v) is 10.2. The molecule has 8 nitrogen and oxygen atoms in total. The summed E-state index contributed by atoms with van der Waals surface area (Å²) >= 11 is 0. The van der Waals surface area contributed by atoms with Crippen LogP contribution in [0.3, 0.4) is 0 Å². The molecule has 0 saturated carbocycles. The molecular weight excluding hydrogens is 411 g/mol. The molecule has 0 amide bonds. The monoisotopic (exact) mass is 443 g/mol. The van der Waals surface area contributed by atoms with E-state index >= 15 is 0 Å². The van der Waals surface area contributed by atoms with Crippen LogP contribution in [0.4, 0.5) is 13.2 Å². The van der Waals surface area contributed by atoms with Crippen LogP contribution in [0.5, 0.6) is 0 Å². The predicted octanol–water partition coefficient (Wildman–Crippen LogP) is 2.51. The van der Waals surface area contributed by atoms with Gasteiger partial charge in [0.15, 0.2) is 5.96 Å². The number of nitrogens with zero attached hydrogens (tertiary/aromatic N) is 6. The summed E-state index contributed by atoms with van der Waals surface area (Å²) in [6.07, 6.45) is -0.998. The van der Waals surface area contributed by atoms with Crippen molar-refractivity contribution < 1.29 is 18.3 Å². The van der Waals surface area contributed by atoms with E-state index in [9.17, 15) is 18.3 Å². The molecule has 2 aromatic heterocycles. The molecule has 0 radical (unpaired) electrons. The fraction of sp³-hybridized carbons (Fsp3) is 0.650. The maximum Gasteiger partial charge on any atom is 0.424 e. The van der Waals surface area contributed by atoms with Gasteiger partial charge in [0, 0.05) is 71.4 Å². The Bertz CT molecular complexity index is 888. The molecular formula is C20H32F3N7O. The zero-order chi connectivity index (χ0) is 23.4. The van der Waals surface area contributed by atoms with E-state index in [1.165, 1.54) is 24.0 Å². The van der Waals surface area contributed by atoms with E-state index < -0.39 is 24.0 Å². The second-order valence-corrected chi connectivity index (χ2v) is 7.93. The number of hydrogen-bond acceptors (Lipinski definition) is 4. The molecule has 11 heteroatoms. The molecule has 174 valence electrons. The summed E-state index contributed by atoms with van der Waals surface area (Å²) in [7, 11) is 5.08. The molecule has 2 heterocycles. The van der Waals surface area contributed by atoms with E-state index in [1.54, 1.807) is 4.68 Å². The van der Waals surface area contributed by atoms with Gasteiger partial charge in [0.05, 0.1) is 5.69 Å². The lowest BCUT2D eigenvalue weighted by Gasteiger charge is -2.29. The van der Waals surface area contributed by atoms with Crippen molar-refractivity contribution in [1.82, 2.24) is 29.5 Å². The Kier molecular flexibility index (Phi) is 7.74. The number of rotatable bonds is 8. The van der Waals surface area contributed by atoms with Crippen LogP contribution in [0, 0.1) is 0 Å². The summed E-state index contributed by atoms with van der Waals surface area (Å²) in [6, 6.07) is 0. The topological polar surface area (TPSA) is 83.5 Å². The first-order chi connectivity index (χ1) is 14.4. The Morgan fingerprint density at radius 3 is 2.52 bits per heavy atom. The van der Waals surface area contributed by atoms with Gasteiger partial charge in [-0.15, -0.1) is 0 Å². The number of imidazole rings is 1. The number of halogens is 3. The highest BCUT2D eigenvalue weighted by molar-refractivity contribution is 5.79. The van der Waals surface area contributed by atoms with Gasteiger partial charge >= 0.3 is 6.18 Å². The molecule has 0 aliphatic heterocycles. The summed E-state index contributed by atoms with van der Waals surface area (Å²) in [4.78, 5) is 9.89. The van der Waals surface area contributed by atoms with Gasteiger partial charge in [-0.2, -0.15) is 18.3 Å². The third-order valence-electron chi connectivity index (χ3n) is 4.98. The second-order valence-electron chi connectivity index (χ2n) is 7.93. The Labute approximate surface area is 180 Å². The normalized spacial score (nSPS) is 14.7. The SMILES string of the molecule is CCNC(=NCCC(O)(c1nccn1C)C(F)(F)F)N(C)Cc1cn(C)nc1C(C)C. The van der Waals surface area contributed by atoms with Gasteiger partial charge in [0.1, 0.15) is 5.82 Å². The van der Waals surface area contributed by atoms with Crippen LogP contribution in [0.1, 0.15) is 50.2 Å². The summed E-state index contributed by atoms with van der Waals surface area (Å²) in [5, 5.41) is 18.1. The van der Waals surface area contributed by atoms with Crippen molar-refractivity contribution in [3.05, 3.63) is 35.7 Å². The molecule has 2 aromatic rings. The molecule has 2 rings (SSSR count). The smallest absolute Gasteiger partial charge is 0.374 e. The number of hydrogen-bond donors (Lipinski definition) is 2. The fourth-order valence-electron chi connectivity index (χ4n) is 3.43. The van der Waals surface area contributed by atoms with Gasteiger partial charge in [0.2, 0.25) is 5.60 Å². The average Bonchev–Trinajstić information content (AvgIpc) is 3.25. The Hall–Kier alpha value is -2.56. The lowest BCUT2D eigenvalue weighted by Crippen LogP contribution is -2.45. The van der Waals surface area contributed by atoms with Gasteiger partial charge in [-0.3, -0.25) is 9.67 Å². The van der Waals surface area contributed by atoms with Crippen molar-refractivity contribution in [2.45, 2.75) is 51.4 Å². The quantitative estimate of drug-likeness (QED) is 0.484. The van der Waals surface area contributed by atoms with Crippen molar-refractivity contribution in [1.29, 1.82) is 0 Å². The van der Waals surface area contributed by atoms with Gasteiger partial charge in [-0.25, -0.2) is 4.98 Å². The van der Waals surface area contributed by atoms with E-state index in [2.05, 4.69) is 34.2 Å². The maximum absolute atomic E-state index is 13.7. The number of guanidine groups is 1. The summed E-state index contributed by atoms with van der Waals surface area (Å²) in [5.41, 5.74) is -1.10. The van der Waals surface area contributed by atoms with Crippen LogP contribution >= 0.6 is 0 Å². The molecule has 0 spiro atoms. The number of alkyl halides is 3. The fourth-order valence-corrected chi connectivity index (χ4v) is 3.43. The molecule has 2 N–H and O–H groups in total. The number of aryl methyl sites for hydroxylation is 2. The minimum absolute atomic E-state index is 0.236. The van der Waals surface area contributed by atoms with Crippen molar-refractivity contribution >= 4 is 5.96 Å². The van der Waals surface area contributed by atoms with Gasteiger partial charge < -0.3 is 19.9 Å². The summed E-state index contributed by atoms with van der Waals surface area (Å²) in [6.45, 7) is 6.81. The molecule has 1 unspecified atom stereocenters. The minimum Gasteiger partial charge on any atom is -0.374 e. The number of nitrogens with one attached hydrogen (secondary N) is 1. The summed E-state index contributed by atoms with van der Waals surface area (Å²) in [5.74, 6) is 0.236. The van der Waals surface area contributed by atoms with Crippen molar-refractivity contribution in [3.63, 3.8) is 0 Å². The van der Waals surface area contributed by atoms with Crippen LogP contribution in [0.2, 0.25) is 0 Å².